The highest BCUT2D eigenvalue weighted by molar-refractivity contribution is 7.99. The lowest BCUT2D eigenvalue weighted by molar-refractivity contribution is -0.118. The molecular formula is C17H23N3OS. The Kier molecular flexibility index (Phi) is 4.02. The lowest BCUT2D eigenvalue weighted by Crippen LogP contribution is -2.34. The van der Waals surface area contributed by atoms with E-state index in [2.05, 4.69) is 36.3 Å². The minimum Gasteiger partial charge on any atom is -0.272 e. The van der Waals surface area contributed by atoms with E-state index in [4.69, 9.17) is 0 Å². The Morgan fingerprint density at radius 3 is 2.86 bits per heavy atom. The molecule has 22 heavy (non-hydrogen) atoms. The van der Waals surface area contributed by atoms with E-state index in [9.17, 15) is 4.79 Å². The van der Waals surface area contributed by atoms with Crippen LogP contribution in [0.3, 0.4) is 0 Å². The molecule has 0 aliphatic heterocycles. The zero-order valence-electron chi connectivity index (χ0n) is 13.4. The van der Waals surface area contributed by atoms with Crippen LogP contribution in [0.4, 0.5) is 0 Å². The Morgan fingerprint density at radius 1 is 1.45 bits per heavy atom. The van der Waals surface area contributed by atoms with Gasteiger partial charge in [0.2, 0.25) is 5.91 Å². The summed E-state index contributed by atoms with van der Waals surface area (Å²) >= 11 is 1.43. The van der Waals surface area contributed by atoms with Gasteiger partial charge in [-0.2, -0.15) is 5.10 Å². The molecule has 2 bridgehead atoms. The number of fused-ring (bicyclic) bond motifs is 2. The molecule has 0 unspecified atom stereocenters. The van der Waals surface area contributed by atoms with Crippen LogP contribution in [0.2, 0.25) is 0 Å². The van der Waals surface area contributed by atoms with Crippen molar-refractivity contribution in [2.24, 2.45) is 21.8 Å². The standard InChI is InChI=1S/C17H23N3OS/c1-16(2)12-7-8-17(16,3)13(10-12)19-20-14(21)11-22-15-6-4-5-9-18-15/h4-6,9,12H,7-8,10-11H2,1-3H3,(H,20,21)/t12-,17+/m0/s1. The van der Waals surface area contributed by atoms with Gasteiger partial charge in [0.1, 0.15) is 0 Å². The number of hydrogen-bond donors (Lipinski definition) is 1. The van der Waals surface area contributed by atoms with Crippen molar-refractivity contribution in [3.63, 3.8) is 0 Å². The Hall–Kier alpha value is -1.36. The Labute approximate surface area is 136 Å². The minimum atomic E-state index is -0.0627. The van der Waals surface area contributed by atoms with E-state index in [1.807, 2.05) is 18.2 Å². The molecule has 1 aromatic heterocycles. The number of nitrogens with one attached hydrogen (secondary N) is 1. The van der Waals surface area contributed by atoms with Gasteiger partial charge in [0.15, 0.2) is 0 Å². The zero-order valence-corrected chi connectivity index (χ0v) is 14.2. The number of hydrazone groups is 1. The average Bonchev–Trinajstić information content (AvgIpc) is 2.85. The van der Waals surface area contributed by atoms with Crippen molar-refractivity contribution in [3.05, 3.63) is 24.4 Å². The molecule has 118 valence electrons. The maximum Gasteiger partial charge on any atom is 0.250 e. The number of thioether (sulfide) groups is 1. The molecule has 1 heterocycles. The van der Waals surface area contributed by atoms with Gasteiger partial charge in [-0.3, -0.25) is 4.79 Å². The lowest BCUT2D eigenvalue weighted by atomic mass is 9.70. The van der Waals surface area contributed by atoms with E-state index in [1.165, 1.54) is 30.3 Å². The molecule has 5 heteroatoms. The number of carbonyl (C=O) groups excluding carboxylic acids is 1. The van der Waals surface area contributed by atoms with E-state index in [0.717, 1.165) is 11.4 Å². The lowest BCUT2D eigenvalue weighted by Gasteiger charge is -2.34. The van der Waals surface area contributed by atoms with E-state index < -0.39 is 0 Å². The summed E-state index contributed by atoms with van der Waals surface area (Å²) in [5.41, 5.74) is 4.34. The second-order valence-electron chi connectivity index (χ2n) is 7.04. The van der Waals surface area contributed by atoms with E-state index in [0.29, 0.717) is 17.1 Å². The molecule has 3 rings (SSSR count). The summed E-state index contributed by atoms with van der Waals surface area (Å²) in [4.78, 5) is 16.2. The van der Waals surface area contributed by atoms with Crippen LogP contribution in [0, 0.1) is 16.7 Å². The quantitative estimate of drug-likeness (QED) is 0.683. The highest BCUT2D eigenvalue weighted by Gasteiger charge is 2.59. The molecule has 2 aliphatic rings. The van der Waals surface area contributed by atoms with Crippen molar-refractivity contribution in [1.82, 2.24) is 10.4 Å². The predicted molar refractivity (Wildman–Crippen MR) is 89.8 cm³/mol. The molecule has 0 radical (unpaired) electrons. The molecule has 2 saturated carbocycles. The SMILES string of the molecule is CC1(C)[C@H]2CC[C@]1(C)C(=NNC(=O)CSc1ccccn1)C2. The van der Waals surface area contributed by atoms with Gasteiger partial charge >= 0.3 is 0 Å². The van der Waals surface area contributed by atoms with Gasteiger partial charge < -0.3 is 0 Å². The number of nitrogens with zero attached hydrogens (tertiary/aromatic N) is 2. The molecular weight excluding hydrogens is 294 g/mol. The molecule has 0 spiro atoms. The molecule has 0 aromatic carbocycles. The monoisotopic (exact) mass is 317 g/mol. The number of carbonyl (C=O) groups is 1. The van der Waals surface area contributed by atoms with Gasteiger partial charge in [-0.1, -0.05) is 38.6 Å². The third-order valence-corrected chi connectivity index (χ3v) is 6.76. The van der Waals surface area contributed by atoms with Gasteiger partial charge in [0, 0.05) is 17.3 Å². The Balaban J connectivity index is 1.57. The van der Waals surface area contributed by atoms with E-state index in [-0.39, 0.29) is 11.3 Å². The van der Waals surface area contributed by atoms with Crippen LogP contribution in [0.25, 0.3) is 0 Å². The van der Waals surface area contributed by atoms with Gasteiger partial charge in [-0.25, -0.2) is 10.4 Å². The van der Waals surface area contributed by atoms with Crippen molar-refractivity contribution in [3.8, 4) is 0 Å². The van der Waals surface area contributed by atoms with Crippen LogP contribution in [0.5, 0.6) is 0 Å². The molecule has 2 aliphatic carbocycles. The van der Waals surface area contributed by atoms with Crippen molar-refractivity contribution in [2.45, 2.75) is 45.1 Å². The maximum atomic E-state index is 12.0. The fourth-order valence-corrected chi connectivity index (χ4v) is 4.49. The fourth-order valence-electron chi connectivity index (χ4n) is 3.83. The zero-order chi connectivity index (χ0) is 15.8. The summed E-state index contributed by atoms with van der Waals surface area (Å²) < 4.78 is 0. The van der Waals surface area contributed by atoms with Crippen molar-refractivity contribution in [1.29, 1.82) is 0 Å². The number of rotatable bonds is 4. The second kappa shape index (κ2) is 5.69. The Bertz CT molecular complexity index is 599. The van der Waals surface area contributed by atoms with Crippen LogP contribution in [0.1, 0.15) is 40.0 Å². The molecule has 2 atom stereocenters. The summed E-state index contributed by atoms with van der Waals surface area (Å²) in [6.07, 6.45) is 5.23. The van der Waals surface area contributed by atoms with Crippen LogP contribution in [-0.4, -0.2) is 22.4 Å². The normalized spacial score (nSPS) is 30.7. The highest BCUT2D eigenvalue weighted by atomic mass is 32.2. The summed E-state index contributed by atoms with van der Waals surface area (Å²) in [5, 5.41) is 5.33. The molecule has 2 fully saturated rings. The fraction of sp³-hybridized carbons (Fsp3) is 0.588. The smallest absolute Gasteiger partial charge is 0.250 e. The molecule has 0 saturated heterocycles. The van der Waals surface area contributed by atoms with Gasteiger partial charge in [-0.05, 0) is 42.7 Å². The van der Waals surface area contributed by atoms with Crippen molar-refractivity contribution < 1.29 is 4.79 Å². The van der Waals surface area contributed by atoms with Gasteiger partial charge in [0.25, 0.3) is 0 Å². The van der Waals surface area contributed by atoms with Crippen LogP contribution in [0.15, 0.2) is 34.5 Å². The van der Waals surface area contributed by atoms with E-state index >= 15 is 0 Å². The average molecular weight is 317 g/mol. The highest BCUT2D eigenvalue weighted by Crippen LogP contribution is 2.63. The van der Waals surface area contributed by atoms with Crippen molar-refractivity contribution in [2.75, 3.05) is 5.75 Å². The topological polar surface area (TPSA) is 54.4 Å². The number of aromatic nitrogens is 1. The first kappa shape index (κ1) is 15.5. The van der Waals surface area contributed by atoms with Gasteiger partial charge in [0.05, 0.1) is 10.8 Å². The largest absolute Gasteiger partial charge is 0.272 e. The third-order valence-electron chi connectivity index (χ3n) is 5.82. The molecule has 4 nitrogen and oxygen atoms in total. The first-order valence-corrected chi connectivity index (χ1v) is 8.82. The summed E-state index contributed by atoms with van der Waals surface area (Å²) in [5.74, 6) is 0.987. The minimum absolute atomic E-state index is 0.0627. The third kappa shape index (κ3) is 2.56. The first-order chi connectivity index (χ1) is 10.4. The summed E-state index contributed by atoms with van der Waals surface area (Å²) in [6, 6.07) is 5.70. The maximum absolute atomic E-state index is 12.0. The molecule has 1 amide bonds. The number of pyridine rings is 1. The summed E-state index contributed by atoms with van der Waals surface area (Å²) in [7, 11) is 0. The number of hydrogen-bond acceptors (Lipinski definition) is 4. The predicted octanol–water partition coefficient (Wildman–Crippen LogP) is 3.49. The van der Waals surface area contributed by atoms with Crippen LogP contribution in [-0.2, 0) is 4.79 Å². The van der Waals surface area contributed by atoms with Gasteiger partial charge in [-0.15, -0.1) is 0 Å². The summed E-state index contributed by atoms with van der Waals surface area (Å²) in [6.45, 7) is 6.98. The number of amides is 1. The molecule has 1 N–H and O–H groups in total. The molecule has 1 aromatic rings. The van der Waals surface area contributed by atoms with Crippen LogP contribution >= 0.6 is 11.8 Å². The van der Waals surface area contributed by atoms with Crippen molar-refractivity contribution >= 4 is 23.4 Å². The van der Waals surface area contributed by atoms with E-state index in [1.54, 1.807) is 6.20 Å². The Morgan fingerprint density at radius 2 is 2.27 bits per heavy atom. The first-order valence-electron chi connectivity index (χ1n) is 7.83. The van der Waals surface area contributed by atoms with Crippen LogP contribution < -0.4 is 5.43 Å². The second-order valence-corrected chi connectivity index (χ2v) is 8.04.